The molecular formula is C8H9NO2. The fourth-order valence-electron chi connectivity index (χ4n) is 0.888. The molecule has 0 spiro atoms. The molecule has 3 heteroatoms. The van der Waals surface area contributed by atoms with E-state index < -0.39 is 0 Å². The van der Waals surface area contributed by atoms with Crippen molar-refractivity contribution in [3.05, 3.63) is 29.8 Å². The largest absolute Gasteiger partial charge is 0.294 e. The lowest BCUT2D eigenvalue weighted by molar-refractivity contribution is 0.101. The molecule has 0 saturated heterocycles. The number of Topliss-reactive ketones (excluding diaryl/α,β-unsaturated/α-hetero) is 1. The molecule has 1 aromatic rings. The van der Waals surface area contributed by atoms with E-state index in [0.717, 1.165) is 0 Å². The van der Waals surface area contributed by atoms with Gasteiger partial charge >= 0.3 is 0 Å². The summed E-state index contributed by atoms with van der Waals surface area (Å²) in [5.41, 5.74) is 2.90. The summed E-state index contributed by atoms with van der Waals surface area (Å²) < 4.78 is 0. The monoisotopic (exact) mass is 151 g/mol. The average Bonchev–Trinajstić information content (AvgIpc) is 2.04. The van der Waals surface area contributed by atoms with Gasteiger partial charge in [-0.15, -0.1) is 0 Å². The van der Waals surface area contributed by atoms with Gasteiger partial charge in [-0.2, -0.15) is 0 Å². The van der Waals surface area contributed by atoms with Crippen LogP contribution in [0, 0.1) is 0 Å². The van der Waals surface area contributed by atoms with Gasteiger partial charge in [-0.05, 0) is 19.1 Å². The molecule has 0 unspecified atom stereocenters. The number of nitrogens with one attached hydrogen (secondary N) is 1. The molecular weight excluding hydrogens is 142 g/mol. The molecule has 0 aliphatic rings. The van der Waals surface area contributed by atoms with Gasteiger partial charge in [0.15, 0.2) is 5.78 Å². The molecule has 0 aliphatic carbocycles. The highest BCUT2D eigenvalue weighted by Gasteiger charge is 2.03. The maximum atomic E-state index is 10.9. The minimum absolute atomic E-state index is 0.0675. The molecule has 1 rings (SSSR count). The summed E-state index contributed by atoms with van der Waals surface area (Å²) >= 11 is 0. The minimum Gasteiger partial charge on any atom is -0.294 e. The number of ketones is 1. The smallest absolute Gasteiger partial charge is 0.161 e. The zero-order chi connectivity index (χ0) is 8.27. The number of para-hydroxylation sites is 1. The Labute approximate surface area is 64.6 Å². The van der Waals surface area contributed by atoms with Crippen molar-refractivity contribution in [3.63, 3.8) is 0 Å². The summed E-state index contributed by atoms with van der Waals surface area (Å²) in [5, 5.41) is 8.57. The fourth-order valence-corrected chi connectivity index (χ4v) is 0.888. The van der Waals surface area contributed by atoms with E-state index in [4.69, 9.17) is 5.21 Å². The zero-order valence-corrected chi connectivity index (χ0v) is 6.16. The molecule has 0 fully saturated rings. The molecule has 3 nitrogen and oxygen atoms in total. The van der Waals surface area contributed by atoms with Crippen LogP contribution in [0.25, 0.3) is 0 Å². The molecule has 11 heavy (non-hydrogen) atoms. The first-order valence-electron chi connectivity index (χ1n) is 3.26. The van der Waals surface area contributed by atoms with Gasteiger partial charge in [-0.25, -0.2) is 0 Å². The molecule has 0 heterocycles. The van der Waals surface area contributed by atoms with E-state index in [9.17, 15) is 4.79 Å². The maximum absolute atomic E-state index is 10.9. The van der Waals surface area contributed by atoms with Crippen LogP contribution in [0.4, 0.5) is 5.69 Å². The molecule has 0 aromatic heterocycles. The van der Waals surface area contributed by atoms with Gasteiger partial charge in [0, 0.05) is 5.56 Å². The molecule has 0 saturated carbocycles. The molecule has 0 atom stereocenters. The Kier molecular flexibility index (Phi) is 2.23. The molecule has 1 aromatic carbocycles. The van der Waals surface area contributed by atoms with Crippen molar-refractivity contribution >= 4 is 11.5 Å². The third-order valence-electron chi connectivity index (χ3n) is 1.43. The summed E-state index contributed by atoms with van der Waals surface area (Å²) in [4.78, 5) is 10.9. The second-order valence-corrected chi connectivity index (χ2v) is 2.21. The van der Waals surface area contributed by atoms with Crippen LogP contribution in [0.1, 0.15) is 17.3 Å². The highest BCUT2D eigenvalue weighted by molar-refractivity contribution is 5.99. The molecule has 0 aliphatic heterocycles. The van der Waals surface area contributed by atoms with Crippen molar-refractivity contribution in [2.45, 2.75) is 6.92 Å². The van der Waals surface area contributed by atoms with E-state index in [-0.39, 0.29) is 5.78 Å². The van der Waals surface area contributed by atoms with Crippen LogP contribution in [0.3, 0.4) is 0 Å². The van der Waals surface area contributed by atoms with Crippen molar-refractivity contribution in [2.75, 3.05) is 5.48 Å². The van der Waals surface area contributed by atoms with Crippen LogP contribution in [0.5, 0.6) is 0 Å². The number of hydrogen-bond donors (Lipinski definition) is 2. The van der Waals surface area contributed by atoms with Gasteiger partial charge in [0.25, 0.3) is 0 Å². The quantitative estimate of drug-likeness (QED) is 0.499. The Hall–Kier alpha value is -1.35. The standard InChI is InChI=1S/C8H9NO2/c1-6(10)7-4-2-3-5-8(7)9-11/h2-5,9,11H,1H3. The highest BCUT2D eigenvalue weighted by Crippen LogP contribution is 2.13. The van der Waals surface area contributed by atoms with E-state index in [0.29, 0.717) is 11.3 Å². The van der Waals surface area contributed by atoms with E-state index in [1.165, 1.54) is 6.92 Å². The van der Waals surface area contributed by atoms with Gasteiger partial charge in [0.1, 0.15) is 0 Å². The van der Waals surface area contributed by atoms with Crippen molar-refractivity contribution < 1.29 is 10.0 Å². The first kappa shape index (κ1) is 7.75. The predicted molar refractivity (Wildman–Crippen MR) is 41.9 cm³/mol. The fraction of sp³-hybridized carbons (Fsp3) is 0.125. The summed E-state index contributed by atoms with van der Waals surface area (Å²) in [5.74, 6) is -0.0675. The van der Waals surface area contributed by atoms with Gasteiger partial charge in [-0.3, -0.25) is 15.5 Å². The third-order valence-corrected chi connectivity index (χ3v) is 1.43. The number of hydrogen-bond acceptors (Lipinski definition) is 3. The van der Waals surface area contributed by atoms with Crippen LogP contribution in [-0.4, -0.2) is 11.0 Å². The number of rotatable bonds is 2. The highest BCUT2D eigenvalue weighted by atomic mass is 16.5. The van der Waals surface area contributed by atoms with Crippen molar-refractivity contribution in [1.29, 1.82) is 0 Å². The lowest BCUT2D eigenvalue weighted by Crippen LogP contribution is -1.99. The van der Waals surface area contributed by atoms with Crippen LogP contribution in [0.15, 0.2) is 24.3 Å². The van der Waals surface area contributed by atoms with Crippen LogP contribution in [-0.2, 0) is 0 Å². The molecule has 0 radical (unpaired) electrons. The average molecular weight is 151 g/mol. The summed E-state index contributed by atoms with van der Waals surface area (Å²) in [6.45, 7) is 1.45. The van der Waals surface area contributed by atoms with Gasteiger partial charge < -0.3 is 0 Å². The Morgan fingerprint density at radius 1 is 1.45 bits per heavy atom. The second kappa shape index (κ2) is 3.16. The minimum atomic E-state index is -0.0675. The lowest BCUT2D eigenvalue weighted by atomic mass is 10.1. The lowest BCUT2D eigenvalue weighted by Gasteiger charge is -2.02. The van der Waals surface area contributed by atoms with E-state index in [1.807, 2.05) is 5.48 Å². The van der Waals surface area contributed by atoms with Gasteiger partial charge in [0.05, 0.1) is 5.69 Å². The Morgan fingerprint density at radius 2 is 2.09 bits per heavy atom. The van der Waals surface area contributed by atoms with Gasteiger partial charge in [-0.1, -0.05) is 12.1 Å². The van der Waals surface area contributed by atoms with Crippen LogP contribution in [0.2, 0.25) is 0 Å². The van der Waals surface area contributed by atoms with Crippen molar-refractivity contribution in [1.82, 2.24) is 0 Å². The number of benzene rings is 1. The van der Waals surface area contributed by atoms with E-state index >= 15 is 0 Å². The van der Waals surface area contributed by atoms with E-state index in [1.54, 1.807) is 24.3 Å². The zero-order valence-electron chi connectivity index (χ0n) is 6.16. The Morgan fingerprint density at radius 3 is 2.55 bits per heavy atom. The maximum Gasteiger partial charge on any atom is 0.161 e. The second-order valence-electron chi connectivity index (χ2n) is 2.21. The first-order valence-corrected chi connectivity index (χ1v) is 3.26. The Balaban J connectivity index is 3.12. The van der Waals surface area contributed by atoms with Crippen LogP contribution < -0.4 is 5.48 Å². The normalized spacial score (nSPS) is 9.27. The summed E-state index contributed by atoms with van der Waals surface area (Å²) in [7, 11) is 0. The summed E-state index contributed by atoms with van der Waals surface area (Å²) in [6, 6.07) is 6.78. The topological polar surface area (TPSA) is 49.3 Å². The number of carbonyl (C=O) groups excluding carboxylic acids is 1. The van der Waals surface area contributed by atoms with Crippen molar-refractivity contribution in [2.24, 2.45) is 0 Å². The van der Waals surface area contributed by atoms with Crippen molar-refractivity contribution in [3.8, 4) is 0 Å². The summed E-state index contributed by atoms with van der Waals surface area (Å²) in [6.07, 6.45) is 0. The number of anilines is 1. The molecule has 0 amide bonds. The SMILES string of the molecule is CC(=O)c1ccccc1NO. The third kappa shape index (κ3) is 1.56. The Bertz CT molecular complexity index is 271. The van der Waals surface area contributed by atoms with E-state index in [2.05, 4.69) is 0 Å². The first-order chi connectivity index (χ1) is 5.25. The molecule has 2 N–H and O–H groups in total. The molecule has 58 valence electrons. The van der Waals surface area contributed by atoms with Crippen LogP contribution >= 0.6 is 0 Å². The number of carbonyl (C=O) groups is 1. The predicted octanol–water partition coefficient (Wildman–Crippen LogP) is 1.69. The molecule has 0 bridgehead atoms. The van der Waals surface area contributed by atoms with Gasteiger partial charge in [0.2, 0.25) is 0 Å².